The van der Waals surface area contributed by atoms with Crippen LogP contribution in [0.25, 0.3) is 22.0 Å². The largest absolute Gasteiger partial charge is 0.480 e. The highest BCUT2D eigenvalue weighted by Gasteiger charge is 2.45. The van der Waals surface area contributed by atoms with Crippen molar-refractivity contribution in [3.8, 4) is 17.0 Å². The molecule has 2 fully saturated rings. The Hall–Kier alpha value is -4.52. The number of nitrogens with one attached hydrogen (secondary N) is 1. The van der Waals surface area contributed by atoms with Crippen LogP contribution in [0.4, 0.5) is 29.3 Å². The number of fused-ring (bicyclic) bond motifs is 1. The number of halogens is 4. The van der Waals surface area contributed by atoms with Crippen molar-refractivity contribution < 1.29 is 32.2 Å². The third kappa shape index (κ3) is 6.35. The zero-order valence-corrected chi connectivity index (χ0v) is 24.4. The number of piperidine rings is 1. The van der Waals surface area contributed by atoms with Gasteiger partial charge >= 0.3 is 12.1 Å². The number of nitrogens with zero attached hydrogens (tertiary/aromatic N) is 4. The fourth-order valence-corrected chi connectivity index (χ4v) is 6.39. The quantitative estimate of drug-likeness (QED) is 0.222. The summed E-state index contributed by atoms with van der Waals surface area (Å²) in [7, 11) is 0. The molecule has 0 saturated carbocycles. The molecule has 0 bridgehead atoms. The number of nitrogen functional groups attached to an aromatic ring is 1. The number of aromatic nitrogens is 3. The SMILES string of the molecule is CCc1cc(-c2ccc3ncc(F)cc3c2)ccc1[C@@H](Oc1cc(N2CCC3(CC2)CNC(C(=O)O)C3)nc(N)n1)C(F)(F)F. The molecular weight excluding hydrogens is 592 g/mol. The Morgan fingerprint density at radius 1 is 1.13 bits per heavy atom. The zero-order valence-electron chi connectivity index (χ0n) is 24.4. The van der Waals surface area contributed by atoms with Gasteiger partial charge in [-0.1, -0.05) is 31.2 Å². The normalized spacial score (nSPS) is 18.8. The van der Waals surface area contributed by atoms with Crippen LogP contribution in [0.2, 0.25) is 0 Å². The molecule has 4 heterocycles. The average molecular weight is 625 g/mol. The highest BCUT2D eigenvalue weighted by Crippen LogP contribution is 2.42. The number of nitrogens with two attached hydrogens (primary N) is 1. The Balaban J connectivity index is 1.24. The maximum absolute atomic E-state index is 14.6. The van der Waals surface area contributed by atoms with E-state index in [1.165, 1.54) is 18.2 Å². The molecule has 2 aromatic carbocycles. The third-order valence-electron chi connectivity index (χ3n) is 8.84. The summed E-state index contributed by atoms with van der Waals surface area (Å²) >= 11 is 0. The first kappa shape index (κ1) is 30.5. The standard InChI is InChI=1S/C32H32F4N6O3/c1-2-18-11-19(20-4-6-24-21(12-20)13-22(33)16-38-24)3-5-23(18)28(32(34,35)36)45-27-14-26(40-30(37)41-27)42-9-7-31(8-10-42)15-25(29(43)44)39-17-31/h3-6,11-14,16,25,28,39H,2,7-10,15,17H2,1H3,(H,43,44)(H2,37,40,41)/t25?,28-/m1/s1. The number of hydrogen-bond acceptors (Lipinski definition) is 8. The Bertz CT molecular complexity index is 1740. The first-order valence-corrected chi connectivity index (χ1v) is 14.7. The summed E-state index contributed by atoms with van der Waals surface area (Å²) in [4.78, 5) is 25.6. The summed E-state index contributed by atoms with van der Waals surface area (Å²) in [6.45, 7) is 3.43. The van der Waals surface area contributed by atoms with Crippen LogP contribution in [0.3, 0.4) is 0 Å². The minimum atomic E-state index is -4.77. The molecule has 2 aliphatic heterocycles. The van der Waals surface area contributed by atoms with Crippen LogP contribution >= 0.6 is 0 Å². The van der Waals surface area contributed by atoms with Gasteiger partial charge in [0, 0.05) is 36.7 Å². The van der Waals surface area contributed by atoms with Gasteiger partial charge in [0.1, 0.15) is 17.7 Å². The molecular formula is C32H32F4N6O3. The molecule has 2 aliphatic rings. The minimum Gasteiger partial charge on any atom is -0.480 e. The van der Waals surface area contributed by atoms with E-state index in [-0.39, 0.29) is 22.8 Å². The summed E-state index contributed by atoms with van der Waals surface area (Å²) in [6.07, 6.45) is -3.74. The van der Waals surface area contributed by atoms with E-state index in [2.05, 4.69) is 20.3 Å². The monoisotopic (exact) mass is 624 g/mol. The molecule has 2 saturated heterocycles. The lowest BCUT2D eigenvalue weighted by Crippen LogP contribution is -2.41. The van der Waals surface area contributed by atoms with Crippen LogP contribution in [0.5, 0.6) is 5.88 Å². The highest BCUT2D eigenvalue weighted by atomic mass is 19.4. The Labute approximate surface area is 256 Å². The summed E-state index contributed by atoms with van der Waals surface area (Å²) in [5.74, 6) is -1.52. The van der Waals surface area contributed by atoms with Gasteiger partial charge in [0.2, 0.25) is 17.9 Å². The zero-order chi connectivity index (χ0) is 31.9. The van der Waals surface area contributed by atoms with Crippen molar-refractivity contribution in [1.82, 2.24) is 20.3 Å². The van der Waals surface area contributed by atoms with Gasteiger partial charge in [0.05, 0.1) is 11.7 Å². The van der Waals surface area contributed by atoms with Crippen LogP contribution in [-0.2, 0) is 11.2 Å². The lowest BCUT2D eigenvalue weighted by atomic mass is 9.76. The van der Waals surface area contributed by atoms with Gasteiger partial charge in [-0.25, -0.2) is 4.39 Å². The van der Waals surface area contributed by atoms with E-state index in [4.69, 9.17) is 10.5 Å². The maximum atomic E-state index is 14.6. The van der Waals surface area contributed by atoms with Crippen molar-refractivity contribution in [1.29, 1.82) is 0 Å². The summed E-state index contributed by atoms with van der Waals surface area (Å²) in [5, 5.41) is 13.0. The van der Waals surface area contributed by atoms with Gasteiger partial charge in [-0.3, -0.25) is 9.78 Å². The number of benzene rings is 2. The number of carbonyl (C=O) groups is 1. The molecule has 4 aromatic rings. The second kappa shape index (κ2) is 11.8. The number of alkyl halides is 3. The first-order chi connectivity index (χ1) is 21.4. The van der Waals surface area contributed by atoms with Crippen molar-refractivity contribution in [2.45, 2.75) is 50.9 Å². The first-order valence-electron chi connectivity index (χ1n) is 14.7. The molecule has 6 rings (SSSR count). The molecule has 0 amide bonds. The Kier molecular flexibility index (Phi) is 7.98. The Morgan fingerprint density at radius 2 is 1.87 bits per heavy atom. The molecule has 236 valence electrons. The van der Waals surface area contributed by atoms with E-state index in [1.54, 1.807) is 37.3 Å². The van der Waals surface area contributed by atoms with Crippen molar-refractivity contribution in [3.63, 3.8) is 0 Å². The number of rotatable bonds is 7. The van der Waals surface area contributed by atoms with Crippen molar-refractivity contribution in [2.75, 3.05) is 30.3 Å². The van der Waals surface area contributed by atoms with Gasteiger partial charge in [-0.05, 0) is 66.0 Å². The van der Waals surface area contributed by atoms with E-state index in [9.17, 15) is 27.5 Å². The van der Waals surface area contributed by atoms with E-state index in [1.807, 2.05) is 4.90 Å². The topological polar surface area (TPSA) is 126 Å². The summed E-state index contributed by atoms with van der Waals surface area (Å²) in [6, 6.07) is 12.1. The van der Waals surface area contributed by atoms with Gasteiger partial charge < -0.3 is 25.8 Å². The van der Waals surface area contributed by atoms with Gasteiger partial charge in [0.25, 0.3) is 0 Å². The number of pyridine rings is 1. The number of carboxylic acids is 1. The average Bonchev–Trinajstić information content (AvgIpc) is 3.42. The predicted molar refractivity (Wildman–Crippen MR) is 160 cm³/mol. The smallest absolute Gasteiger partial charge is 0.429 e. The molecule has 13 heteroatoms. The lowest BCUT2D eigenvalue weighted by Gasteiger charge is -2.39. The molecule has 2 atom stereocenters. The van der Waals surface area contributed by atoms with Gasteiger partial charge in [-0.2, -0.15) is 23.1 Å². The highest BCUT2D eigenvalue weighted by molar-refractivity contribution is 5.84. The molecule has 2 aromatic heterocycles. The van der Waals surface area contributed by atoms with Gasteiger partial charge in [-0.15, -0.1) is 0 Å². The van der Waals surface area contributed by atoms with Crippen LogP contribution in [0.1, 0.15) is 43.4 Å². The van der Waals surface area contributed by atoms with Crippen LogP contribution in [0.15, 0.2) is 54.7 Å². The number of ether oxygens (including phenoxy) is 1. The second-order valence-electron chi connectivity index (χ2n) is 11.8. The summed E-state index contributed by atoms with van der Waals surface area (Å²) in [5.41, 5.74) is 8.15. The number of hydrogen-bond donors (Lipinski definition) is 3. The third-order valence-corrected chi connectivity index (χ3v) is 8.84. The molecule has 0 radical (unpaired) electrons. The molecule has 9 nitrogen and oxygen atoms in total. The fraction of sp³-hybridized carbons (Fsp3) is 0.375. The van der Waals surface area contributed by atoms with Crippen LogP contribution < -0.4 is 20.7 Å². The lowest BCUT2D eigenvalue weighted by molar-refractivity contribution is -0.198. The molecule has 1 spiro atoms. The van der Waals surface area contributed by atoms with E-state index < -0.39 is 30.1 Å². The molecule has 45 heavy (non-hydrogen) atoms. The van der Waals surface area contributed by atoms with E-state index in [0.717, 1.165) is 6.20 Å². The number of anilines is 2. The van der Waals surface area contributed by atoms with Crippen molar-refractivity contribution >= 4 is 28.6 Å². The van der Waals surface area contributed by atoms with Crippen molar-refractivity contribution in [3.05, 3.63) is 71.7 Å². The van der Waals surface area contributed by atoms with Crippen molar-refractivity contribution in [2.24, 2.45) is 5.41 Å². The summed E-state index contributed by atoms with van der Waals surface area (Å²) < 4.78 is 63.0. The fourth-order valence-electron chi connectivity index (χ4n) is 6.39. The predicted octanol–water partition coefficient (Wildman–Crippen LogP) is 5.69. The minimum absolute atomic E-state index is 0.0531. The number of aryl methyl sites for hydroxylation is 1. The molecule has 1 unspecified atom stereocenters. The Morgan fingerprint density at radius 3 is 2.56 bits per heavy atom. The van der Waals surface area contributed by atoms with Gasteiger partial charge in [0.15, 0.2) is 0 Å². The number of carboxylic acid groups (broad SMARTS) is 1. The maximum Gasteiger partial charge on any atom is 0.429 e. The molecule has 4 N–H and O–H groups in total. The van der Waals surface area contributed by atoms with Crippen LogP contribution in [0, 0.1) is 11.2 Å². The number of aliphatic carboxylic acids is 1. The second-order valence-corrected chi connectivity index (χ2v) is 11.8. The molecule has 0 aliphatic carbocycles. The van der Waals surface area contributed by atoms with E-state index >= 15 is 0 Å². The van der Waals surface area contributed by atoms with E-state index in [0.29, 0.717) is 78.7 Å². The van der Waals surface area contributed by atoms with Crippen LogP contribution in [-0.4, -0.2) is 57.9 Å².